The van der Waals surface area contributed by atoms with Crippen molar-refractivity contribution in [3.63, 3.8) is 0 Å². The van der Waals surface area contributed by atoms with Crippen LogP contribution in [-0.4, -0.2) is 0 Å². The fraction of sp³-hybridized carbons (Fsp3) is 0.250. The molecular formula is C4H6Y-2. The Morgan fingerprint density at radius 3 is 2.00 bits per heavy atom. The molecule has 1 radical (unpaired) electrons. The van der Waals surface area contributed by atoms with Crippen molar-refractivity contribution in [1.82, 2.24) is 0 Å². The monoisotopic (exact) mass is 143 g/mol. The third-order valence-corrected chi connectivity index (χ3v) is 0.167. The summed E-state index contributed by atoms with van der Waals surface area (Å²) in [5.74, 6) is 0. The molecule has 0 saturated carbocycles. The summed E-state index contributed by atoms with van der Waals surface area (Å²) in [5, 5.41) is 0. The van der Waals surface area contributed by atoms with E-state index in [1.54, 1.807) is 0 Å². The van der Waals surface area contributed by atoms with Crippen LogP contribution in [0.2, 0.25) is 0 Å². The summed E-state index contributed by atoms with van der Waals surface area (Å²) in [6.45, 7) is 8.26. The van der Waals surface area contributed by atoms with Crippen molar-refractivity contribution >= 4 is 0 Å². The van der Waals surface area contributed by atoms with Crippen LogP contribution in [0.4, 0.5) is 0 Å². The molecular weight excluding hydrogens is 137 g/mol. The maximum absolute atomic E-state index is 4.84. The molecule has 0 saturated heterocycles. The topological polar surface area (TPSA) is 0 Å². The number of hydrogen-bond acceptors (Lipinski definition) is 0. The fourth-order valence-corrected chi connectivity index (χ4v) is 0. The summed E-state index contributed by atoms with van der Waals surface area (Å²) in [7, 11) is 0. The molecule has 0 aromatic carbocycles. The minimum atomic E-state index is 0. The Hall–Kier alpha value is 0.844. The van der Waals surface area contributed by atoms with Crippen molar-refractivity contribution in [3.05, 3.63) is 19.6 Å². The van der Waals surface area contributed by atoms with E-state index >= 15 is 0 Å². The molecule has 0 aromatic rings. The Morgan fingerprint density at radius 1 is 1.80 bits per heavy atom. The van der Waals surface area contributed by atoms with Crippen molar-refractivity contribution in [2.75, 3.05) is 0 Å². The number of hydrogen-bond donors (Lipinski definition) is 0. The molecule has 0 aliphatic heterocycles. The van der Waals surface area contributed by atoms with Gasteiger partial charge >= 0.3 is 0 Å². The number of rotatable bonds is 1. The zero-order valence-electron chi connectivity index (χ0n) is 3.15. The van der Waals surface area contributed by atoms with Crippen LogP contribution >= 0.6 is 0 Å². The van der Waals surface area contributed by atoms with Gasteiger partial charge in [-0.3, -0.25) is 0 Å². The van der Waals surface area contributed by atoms with Gasteiger partial charge in [-0.15, -0.1) is 0 Å². The molecule has 0 spiro atoms. The molecule has 0 fully saturated rings. The van der Waals surface area contributed by atoms with Gasteiger partial charge in [-0.2, -0.15) is 6.42 Å². The van der Waals surface area contributed by atoms with E-state index in [2.05, 4.69) is 6.92 Å². The Labute approximate surface area is 58.5 Å². The van der Waals surface area contributed by atoms with E-state index in [0.29, 0.717) is 0 Å². The second kappa shape index (κ2) is 8.85. The first kappa shape index (κ1) is 9.28. The largest absolute Gasteiger partial charge is 0.520 e. The molecule has 27 valence electrons. The normalized spacial score (nSPS) is 5.00. The first-order valence-corrected chi connectivity index (χ1v) is 1.24. The van der Waals surface area contributed by atoms with Crippen LogP contribution in [-0.2, 0) is 32.7 Å². The van der Waals surface area contributed by atoms with Crippen molar-refractivity contribution < 1.29 is 32.7 Å². The van der Waals surface area contributed by atoms with Gasteiger partial charge in [-0.25, -0.2) is 0 Å². The summed E-state index contributed by atoms with van der Waals surface area (Å²) in [4.78, 5) is 0. The number of allylic oxidation sites excluding steroid dienone is 1. The van der Waals surface area contributed by atoms with Gasteiger partial charge in [0.15, 0.2) is 0 Å². The smallest absolute Gasteiger partial charge is 0 e. The van der Waals surface area contributed by atoms with Gasteiger partial charge in [0.25, 0.3) is 0 Å². The van der Waals surface area contributed by atoms with E-state index in [1.807, 2.05) is 0 Å². The van der Waals surface area contributed by atoms with Crippen molar-refractivity contribution in [3.8, 4) is 0 Å². The first-order valence-electron chi connectivity index (χ1n) is 1.24. The summed E-state index contributed by atoms with van der Waals surface area (Å²) < 4.78 is 0. The second-order valence-electron chi connectivity index (χ2n) is 0.524. The molecule has 0 unspecified atom stereocenters. The first-order chi connectivity index (χ1) is 1.91. The molecule has 0 heterocycles. The zero-order chi connectivity index (χ0) is 3.41. The summed E-state index contributed by atoms with van der Waals surface area (Å²) in [6, 6.07) is 0. The van der Waals surface area contributed by atoms with Gasteiger partial charge in [0.1, 0.15) is 0 Å². The molecule has 0 atom stereocenters. The molecule has 0 amide bonds. The Bertz CT molecular complexity index is 17.6. The van der Waals surface area contributed by atoms with Crippen molar-refractivity contribution in [1.29, 1.82) is 0 Å². The molecule has 0 nitrogen and oxygen atoms in total. The van der Waals surface area contributed by atoms with E-state index in [9.17, 15) is 0 Å². The maximum Gasteiger partial charge on any atom is 0 e. The molecule has 0 rings (SSSR count). The summed E-state index contributed by atoms with van der Waals surface area (Å²) >= 11 is 0. The van der Waals surface area contributed by atoms with E-state index in [4.69, 9.17) is 6.58 Å². The second-order valence-corrected chi connectivity index (χ2v) is 0.524. The van der Waals surface area contributed by atoms with Crippen LogP contribution in [0.3, 0.4) is 0 Å². The molecule has 0 aliphatic rings. The maximum atomic E-state index is 4.84. The summed E-state index contributed by atoms with van der Waals surface area (Å²) in [6.07, 6.45) is 2.24. The van der Waals surface area contributed by atoms with Crippen molar-refractivity contribution in [2.24, 2.45) is 0 Å². The van der Waals surface area contributed by atoms with Crippen LogP contribution in [0, 0.1) is 13.5 Å². The molecule has 1 heteroatoms. The average Bonchev–Trinajstić information content (AvgIpc) is 1.37. The summed E-state index contributed by atoms with van der Waals surface area (Å²) in [5.41, 5.74) is 0. The van der Waals surface area contributed by atoms with Gasteiger partial charge in [-0.05, 0) is 0 Å². The predicted octanol–water partition coefficient (Wildman–Crippen LogP) is 1.20. The van der Waals surface area contributed by atoms with Crippen molar-refractivity contribution in [2.45, 2.75) is 6.42 Å². The predicted molar refractivity (Wildman–Crippen MR) is 18.8 cm³/mol. The molecule has 0 N–H and O–H groups in total. The molecule has 0 aromatic heterocycles. The van der Waals surface area contributed by atoms with Gasteiger partial charge in [0.05, 0.1) is 0 Å². The standard InChI is InChI=1S/C4H6.Y/c1-3-4-2;/h1,3H,2,4H2;/q-2;. The minimum absolute atomic E-state index is 0. The van der Waals surface area contributed by atoms with Crippen LogP contribution in [0.15, 0.2) is 6.08 Å². The Kier molecular flexibility index (Phi) is 16.4. The quantitative estimate of drug-likeness (QED) is 0.483. The van der Waals surface area contributed by atoms with Gasteiger partial charge in [0.2, 0.25) is 0 Å². The SMILES string of the molecule is [CH-]=CC[CH2-].[Y]. The van der Waals surface area contributed by atoms with Crippen LogP contribution in [0.1, 0.15) is 6.42 Å². The van der Waals surface area contributed by atoms with Gasteiger partial charge in [-0.1, -0.05) is 0 Å². The van der Waals surface area contributed by atoms with Crippen LogP contribution < -0.4 is 0 Å². The van der Waals surface area contributed by atoms with E-state index in [1.165, 1.54) is 6.08 Å². The fourth-order valence-electron chi connectivity index (χ4n) is 0. The van der Waals surface area contributed by atoms with E-state index in [-0.39, 0.29) is 32.7 Å². The molecule has 0 aliphatic carbocycles. The Balaban J connectivity index is 0. The van der Waals surface area contributed by atoms with Crippen LogP contribution in [0.5, 0.6) is 0 Å². The third kappa shape index (κ3) is 11.5. The zero-order valence-corrected chi connectivity index (χ0v) is 5.98. The molecule has 5 heavy (non-hydrogen) atoms. The van der Waals surface area contributed by atoms with E-state index < -0.39 is 0 Å². The third-order valence-electron chi connectivity index (χ3n) is 0.167. The van der Waals surface area contributed by atoms with Gasteiger partial charge < -0.3 is 19.6 Å². The minimum Gasteiger partial charge on any atom is -0.520 e. The Morgan fingerprint density at radius 2 is 2.00 bits per heavy atom. The van der Waals surface area contributed by atoms with E-state index in [0.717, 1.165) is 6.42 Å². The molecule has 0 bridgehead atoms. The van der Waals surface area contributed by atoms with Crippen LogP contribution in [0.25, 0.3) is 0 Å². The average molecular weight is 143 g/mol. The van der Waals surface area contributed by atoms with Gasteiger partial charge in [0, 0.05) is 32.7 Å².